The first kappa shape index (κ1) is 11.3. The van der Waals surface area contributed by atoms with Crippen LogP contribution in [-0.4, -0.2) is 26.1 Å². The molecule has 7 heteroatoms. The highest BCUT2D eigenvalue weighted by molar-refractivity contribution is 5.82. The molecule has 5 rings (SSSR count). The minimum atomic E-state index is -0.313. The maximum Gasteiger partial charge on any atom is 0.240 e. The first-order valence-corrected chi connectivity index (χ1v) is 6.90. The molecule has 0 spiro atoms. The molecule has 4 aliphatic rings. The number of aromatic nitrogens is 4. The lowest BCUT2D eigenvalue weighted by Crippen LogP contribution is -2.62. The van der Waals surface area contributed by atoms with Crippen molar-refractivity contribution in [2.24, 2.45) is 23.1 Å². The molecule has 4 bridgehead atoms. The Morgan fingerprint density at radius 2 is 2.05 bits per heavy atom. The molecule has 4 fully saturated rings. The van der Waals surface area contributed by atoms with E-state index < -0.39 is 0 Å². The third kappa shape index (κ3) is 1.42. The fourth-order valence-corrected chi connectivity index (χ4v) is 5.25. The van der Waals surface area contributed by atoms with E-state index >= 15 is 0 Å². The first-order chi connectivity index (χ1) is 9.16. The molecule has 1 amide bonds. The Labute approximate surface area is 110 Å². The fraction of sp³-hybridized carbons (Fsp3) is 0.833. The highest BCUT2D eigenvalue weighted by atomic mass is 16.2. The molecule has 19 heavy (non-hydrogen) atoms. The van der Waals surface area contributed by atoms with Crippen molar-refractivity contribution in [2.75, 3.05) is 0 Å². The number of nitrogens with one attached hydrogen (secondary N) is 1. The van der Waals surface area contributed by atoms with E-state index in [-0.39, 0.29) is 16.9 Å². The van der Waals surface area contributed by atoms with E-state index in [2.05, 4.69) is 20.8 Å². The lowest BCUT2D eigenvalue weighted by Gasteiger charge is -2.60. The number of tetrazole rings is 1. The molecule has 0 aliphatic heterocycles. The Kier molecular flexibility index (Phi) is 2.11. The van der Waals surface area contributed by atoms with Crippen molar-refractivity contribution in [2.45, 2.75) is 44.1 Å². The number of amides is 1. The summed E-state index contributed by atoms with van der Waals surface area (Å²) in [5.41, 5.74) is 1.95. The van der Waals surface area contributed by atoms with Crippen LogP contribution in [0.15, 0.2) is 6.33 Å². The summed E-state index contributed by atoms with van der Waals surface area (Å²) in [6, 6.07) is 0. The fourth-order valence-electron chi connectivity index (χ4n) is 5.25. The smallest absolute Gasteiger partial charge is 0.240 e. The third-order valence-electron chi connectivity index (χ3n) is 5.42. The number of nitrogens with zero attached hydrogens (tertiary/aromatic N) is 4. The maximum atomic E-state index is 12.3. The van der Waals surface area contributed by atoms with Crippen molar-refractivity contribution >= 4 is 5.91 Å². The SMILES string of the molecule is NNC(=O)C12C[C@@H]3C[C@@H](C1)CC(n1ncnn1)(C3)C2. The molecular weight excluding hydrogens is 244 g/mol. The molecule has 0 radical (unpaired) electrons. The second kappa shape index (κ2) is 3.53. The largest absolute Gasteiger partial charge is 0.294 e. The number of hydrogen-bond acceptors (Lipinski definition) is 5. The Hall–Kier alpha value is -1.50. The first-order valence-electron chi connectivity index (χ1n) is 6.90. The van der Waals surface area contributed by atoms with Gasteiger partial charge in [-0.25, -0.2) is 5.84 Å². The lowest BCUT2D eigenvalue weighted by molar-refractivity contribution is -0.157. The van der Waals surface area contributed by atoms with Crippen molar-refractivity contribution in [1.29, 1.82) is 0 Å². The number of carbonyl (C=O) groups is 1. The van der Waals surface area contributed by atoms with Gasteiger partial charge in [-0.1, -0.05) is 0 Å². The van der Waals surface area contributed by atoms with Gasteiger partial charge in [-0.15, -0.1) is 10.2 Å². The summed E-state index contributed by atoms with van der Waals surface area (Å²) >= 11 is 0. The maximum absolute atomic E-state index is 12.3. The number of carbonyl (C=O) groups excluding carboxylic acids is 1. The molecule has 4 aliphatic carbocycles. The van der Waals surface area contributed by atoms with Crippen LogP contribution in [0.1, 0.15) is 38.5 Å². The van der Waals surface area contributed by atoms with Crippen molar-refractivity contribution in [3.63, 3.8) is 0 Å². The summed E-state index contributed by atoms with van der Waals surface area (Å²) in [6.45, 7) is 0. The quantitative estimate of drug-likeness (QED) is 0.442. The topological polar surface area (TPSA) is 98.7 Å². The Bertz CT molecular complexity index is 498. The van der Waals surface area contributed by atoms with Gasteiger partial charge < -0.3 is 0 Å². The van der Waals surface area contributed by atoms with Crippen LogP contribution < -0.4 is 11.3 Å². The van der Waals surface area contributed by atoms with Gasteiger partial charge in [-0.3, -0.25) is 10.2 Å². The zero-order valence-corrected chi connectivity index (χ0v) is 10.7. The Morgan fingerprint density at radius 1 is 1.32 bits per heavy atom. The third-order valence-corrected chi connectivity index (χ3v) is 5.42. The van der Waals surface area contributed by atoms with Gasteiger partial charge in [0.15, 0.2) is 6.33 Å². The molecule has 7 nitrogen and oxygen atoms in total. The van der Waals surface area contributed by atoms with E-state index in [0.717, 1.165) is 32.1 Å². The molecule has 3 N–H and O–H groups in total. The average Bonchev–Trinajstić information content (AvgIpc) is 2.90. The lowest BCUT2D eigenvalue weighted by atomic mass is 9.46. The second-order valence-electron chi connectivity index (χ2n) is 6.66. The predicted octanol–water partition coefficient (Wildman–Crippen LogP) is -0.0415. The van der Waals surface area contributed by atoms with Gasteiger partial charge >= 0.3 is 0 Å². The van der Waals surface area contributed by atoms with Crippen molar-refractivity contribution in [3.05, 3.63) is 6.33 Å². The molecule has 4 saturated carbocycles. The highest BCUT2D eigenvalue weighted by Crippen LogP contribution is 2.63. The molecule has 1 aromatic heterocycles. The standard InChI is InChI=1S/C12H18N6O/c13-16-10(19)11-2-8-1-9(3-11)5-12(4-8,6-11)18-15-7-14-17-18/h7-9H,1-6,13H2,(H,16,19)/t8-,9-,11?,12?/m0/s1. The molecule has 0 aromatic carbocycles. The normalized spacial score (nSPS) is 43.4. The monoisotopic (exact) mass is 262 g/mol. The van der Waals surface area contributed by atoms with Gasteiger partial charge in [-0.05, 0) is 55.6 Å². The summed E-state index contributed by atoms with van der Waals surface area (Å²) in [5.74, 6) is 6.57. The second-order valence-corrected chi connectivity index (χ2v) is 6.66. The van der Waals surface area contributed by atoms with Crippen LogP contribution in [0.4, 0.5) is 0 Å². The highest BCUT2D eigenvalue weighted by Gasteiger charge is 2.62. The average molecular weight is 262 g/mol. The van der Waals surface area contributed by atoms with Crippen LogP contribution in [0, 0.1) is 17.3 Å². The summed E-state index contributed by atoms with van der Waals surface area (Å²) in [4.78, 5) is 14.0. The minimum absolute atomic E-state index is 0.00825. The molecular formula is C12H18N6O. The van der Waals surface area contributed by atoms with Crippen LogP contribution in [0.2, 0.25) is 0 Å². The van der Waals surface area contributed by atoms with Gasteiger partial charge in [0.05, 0.1) is 11.0 Å². The van der Waals surface area contributed by atoms with E-state index in [1.807, 2.05) is 0 Å². The van der Waals surface area contributed by atoms with E-state index in [9.17, 15) is 4.79 Å². The van der Waals surface area contributed by atoms with Gasteiger partial charge in [0.2, 0.25) is 5.91 Å². The van der Waals surface area contributed by atoms with Crippen LogP contribution in [-0.2, 0) is 10.3 Å². The molecule has 1 aromatic rings. The number of hydrogen-bond donors (Lipinski definition) is 2. The predicted molar refractivity (Wildman–Crippen MR) is 65.2 cm³/mol. The minimum Gasteiger partial charge on any atom is -0.294 e. The van der Waals surface area contributed by atoms with Gasteiger partial charge in [0.1, 0.15) is 0 Å². The van der Waals surface area contributed by atoms with Gasteiger partial charge in [0.25, 0.3) is 0 Å². The molecule has 2 atom stereocenters. The van der Waals surface area contributed by atoms with E-state index in [4.69, 9.17) is 5.84 Å². The Morgan fingerprint density at radius 3 is 2.63 bits per heavy atom. The Balaban J connectivity index is 1.78. The molecule has 0 saturated heterocycles. The number of hydrazine groups is 1. The van der Waals surface area contributed by atoms with Crippen LogP contribution >= 0.6 is 0 Å². The van der Waals surface area contributed by atoms with Crippen LogP contribution in [0.25, 0.3) is 0 Å². The van der Waals surface area contributed by atoms with E-state index in [1.165, 1.54) is 12.7 Å². The van der Waals surface area contributed by atoms with Gasteiger partial charge in [-0.2, -0.15) is 4.80 Å². The summed E-state index contributed by atoms with van der Waals surface area (Å²) < 4.78 is 0. The number of rotatable bonds is 2. The van der Waals surface area contributed by atoms with E-state index in [0.29, 0.717) is 11.8 Å². The zero-order valence-electron chi connectivity index (χ0n) is 10.7. The zero-order chi connectivity index (χ0) is 13.1. The van der Waals surface area contributed by atoms with Crippen molar-refractivity contribution < 1.29 is 4.79 Å². The van der Waals surface area contributed by atoms with Gasteiger partial charge in [0, 0.05) is 0 Å². The molecule has 0 unspecified atom stereocenters. The van der Waals surface area contributed by atoms with Crippen LogP contribution in [0.3, 0.4) is 0 Å². The molecule has 102 valence electrons. The molecule has 1 heterocycles. The summed E-state index contributed by atoms with van der Waals surface area (Å²) in [7, 11) is 0. The van der Waals surface area contributed by atoms with Crippen molar-refractivity contribution in [1.82, 2.24) is 25.6 Å². The van der Waals surface area contributed by atoms with Crippen molar-refractivity contribution in [3.8, 4) is 0 Å². The van der Waals surface area contributed by atoms with E-state index in [1.54, 1.807) is 4.80 Å². The summed E-state index contributed by atoms with van der Waals surface area (Å²) in [5, 5.41) is 12.2. The number of nitrogens with two attached hydrogens (primary N) is 1. The van der Waals surface area contributed by atoms with Crippen LogP contribution in [0.5, 0.6) is 0 Å². The summed E-state index contributed by atoms with van der Waals surface area (Å²) in [6.07, 6.45) is 7.57.